The van der Waals surface area contributed by atoms with Crippen LogP contribution < -0.4 is 5.73 Å². The number of amides is 1. The van der Waals surface area contributed by atoms with Gasteiger partial charge in [-0.15, -0.1) is 0 Å². The molecule has 1 amide bonds. The maximum atomic E-state index is 13.8. The van der Waals surface area contributed by atoms with Crippen LogP contribution in [0.1, 0.15) is 45.6 Å². The second kappa shape index (κ2) is 8.77. The second-order valence-corrected chi connectivity index (χ2v) is 9.96. The molecule has 0 radical (unpaired) electrons. The number of aryl methyl sites for hydroxylation is 2. The highest BCUT2D eigenvalue weighted by atomic mass is 32.1. The summed E-state index contributed by atoms with van der Waals surface area (Å²) in [4.78, 5) is 24.9. The molecule has 0 aliphatic heterocycles. The molecule has 4 aromatic heterocycles. The predicted molar refractivity (Wildman–Crippen MR) is 143 cm³/mol. The van der Waals surface area contributed by atoms with Gasteiger partial charge in [-0.05, 0) is 61.0 Å². The fourth-order valence-electron chi connectivity index (χ4n) is 4.49. The molecule has 8 heteroatoms. The molecule has 2 N–H and O–H groups in total. The Bertz CT molecular complexity index is 1670. The molecule has 0 bridgehead atoms. The highest BCUT2D eigenvalue weighted by molar-refractivity contribution is 7.08. The molecule has 178 valence electrons. The lowest BCUT2D eigenvalue weighted by molar-refractivity contribution is 0.0727. The van der Waals surface area contributed by atoms with Gasteiger partial charge in [-0.3, -0.25) is 14.5 Å². The first-order valence-electron chi connectivity index (χ1n) is 11.8. The first kappa shape index (κ1) is 22.3. The van der Waals surface area contributed by atoms with E-state index in [0.29, 0.717) is 17.9 Å². The Morgan fingerprint density at radius 3 is 2.72 bits per heavy atom. The summed E-state index contributed by atoms with van der Waals surface area (Å²) in [5, 5.41) is 10.0. The van der Waals surface area contributed by atoms with E-state index in [1.54, 1.807) is 28.4 Å². The van der Waals surface area contributed by atoms with Crippen LogP contribution in [0, 0.1) is 18.8 Å². The molecule has 36 heavy (non-hydrogen) atoms. The number of hydrogen-bond acceptors (Lipinski definition) is 6. The van der Waals surface area contributed by atoms with Gasteiger partial charge >= 0.3 is 0 Å². The Kier molecular flexibility index (Phi) is 5.42. The average molecular weight is 493 g/mol. The highest BCUT2D eigenvalue weighted by Crippen LogP contribution is 2.33. The Balaban J connectivity index is 1.31. The number of fused-ring (bicyclic) bond motifs is 3. The molecule has 6 rings (SSSR count). The van der Waals surface area contributed by atoms with Gasteiger partial charge < -0.3 is 10.6 Å². The van der Waals surface area contributed by atoms with E-state index in [0.717, 1.165) is 57.0 Å². The Morgan fingerprint density at radius 1 is 1.17 bits per heavy atom. The van der Waals surface area contributed by atoms with Crippen LogP contribution in [0.25, 0.3) is 21.8 Å². The number of benzene rings is 1. The molecule has 7 nitrogen and oxygen atoms in total. The number of carbonyl (C=O) groups is 1. The molecule has 1 aliphatic carbocycles. The number of nitrogens with zero attached hydrogens (tertiary/aromatic N) is 5. The summed E-state index contributed by atoms with van der Waals surface area (Å²) < 4.78 is 1.78. The van der Waals surface area contributed by atoms with Gasteiger partial charge in [0.05, 0.1) is 34.9 Å². The van der Waals surface area contributed by atoms with Crippen molar-refractivity contribution in [1.29, 1.82) is 0 Å². The molecule has 5 aromatic rings. The Labute approximate surface area is 212 Å². The zero-order chi connectivity index (χ0) is 24.8. The van der Waals surface area contributed by atoms with Crippen LogP contribution in [0.4, 0.5) is 5.82 Å². The van der Waals surface area contributed by atoms with Gasteiger partial charge in [0.2, 0.25) is 0 Å². The van der Waals surface area contributed by atoms with Gasteiger partial charge in [-0.1, -0.05) is 11.8 Å². The molecule has 0 unspecified atom stereocenters. The number of anilines is 1. The van der Waals surface area contributed by atoms with Gasteiger partial charge in [0, 0.05) is 46.7 Å². The first-order chi connectivity index (χ1) is 17.5. The normalized spacial score (nSPS) is 13.1. The van der Waals surface area contributed by atoms with Crippen molar-refractivity contribution in [1.82, 2.24) is 24.6 Å². The lowest BCUT2D eigenvalue weighted by Gasteiger charge is -2.23. The molecule has 0 spiro atoms. The fraction of sp³-hybridized carbons (Fsp3) is 0.214. The summed E-state index contributed by atoms with van der Waals surface area (Å²) in [5.74, 6) is 6.74. The molecule has 1 saturated carbocycles. The summed E-state index contributed by atoms with van der Waals surface area (Å²) in [7, 11) is 1.87. The van der Waals surface area contributed by atoms with Crippen LogP contribution >= 0.6 is 11.3 Å². The van der Waals surface area contributed by atoms with Crippen LogP contribution in [0.15, 0.2) is 53.5 Å². The third-order valence-corrected chi connectivity index (χ3v) is 7.25. The van der Waals surface area contributed by atoms with E-state index in [9.17, 15) is 4.79 Å². The number of aromatic nitrogens is 4. The number of nitrogens with two attached hydrogens (primary N) is 1. The van der Waals surface area contributed by atoms with Crippen molar-refractivity contribution in [3.8, 4) is 11.8 Å². The zero-order valence-corrected chi connectivity index (χ0v) is 20.8. The van der Waals surface area contributed by atoms with Crippen molar-refractivity contribution >= 4 is 44.9 Å². The van der Waals surface area contributed by atoms with Crippen molar-refractivity contribution in [3.63, 3.8) is 0 Å². The molecule has 4 heterocycles. The third-order valence-electron chi connectivity index (χ3n) is 6.56. The fourth-order valence-corrected chi connectivity index (χ4v) is 5.08. The minimum absolute atomic E-state index is 0.00664. The quantitative estimate of drug-likeness (QED) is 0.368. The summed E-state index contributed by atoms with van der Waals surface area (Å²) >= 11 is 1.63. The average Bonchev–Trinajstić information content (AvgIpc) is 3.42. The van der Waals surface area contributed by atoms with E-state index in [-0.39, 0.29) is 11.9 Å². The minimum Gasteiger partial charge on any atom is -0.383 e. The Morgan fingerprint density at radius 2 is 2.00 bits per heavy atom. The minimum atomic E-state index is 0.00664. The van der Waals surface area contributed by atoms with Gasteiger partial charge in [-0.25, -0.2) is 4.98 Å². The number of thiophene rings is 1. The summed E-state index contributed by atoms with van der Waals surface area (Å²) in [6, 6.07) is 10.0. The summed E-state index contributed by atoms with van der Waals surface area (Å²) in [6.07, 6.45) is 5.51. The maximum Gasteiger partial charge on any atom is 0.254 e. The van der Waals surface area contributed by atoms with Gasteiger partial charge in [0.15, 0.2) is 0 Å². The van der Waals surface area contributed by atoms with Crippen LogP contribution in [0.2, 0.25) is 0 Å². The Hall–Kier alpha value is -4.22. The summed E-state index contributed by atoms with van der Waals surface area (Å²) in [5.41, 5.74) is 12.0. The smallest absolute Gasteiger partial charge is 0.254 e. The number of hydrogen-bond donors (Lipinski definition) is 1. The van der Waals surface area contributed by atoms with Crippen LogP contribution in [0.3, 0.4) is 0 Å². The topological polar surface area (TPSA) is 89.9 Å². The van der Waals surface area contributed by atoms with Crippen LogP contribution in [0.5, 0.6) is 0 Å². The molecular weight excluding hydrogens is 468 g/mol. The van der Waals surface area contributed by atoms with Gasteiger partial charge in [0.25, 0.3) is 5.91 Å². The van der Waals surface area contributed by atoms with Crippen LogP contribution in [-0.2, 0) is 13.6 Å². The predicted octanol–water partition coefficient (Wildman–Crippen LogP) is 4.67. The van der Waals surface area contributed by atoms with Crippen molar-refractivity contribution < 1.29 is 4.79 Å². The first-order valence-corrected chi connectivity index (χ1v) is 12.7. The standard InChI is InChI=1S/C28H24N6OS/c1-17-11-25-23(26-24(27(29)32-25)14-31-33(26)2)12-22(17)28(35)34(21-7-8-21)15-20-6-5-18(13-30-20)3-4-19-9-10-36-16-19/h5-6,9-14,16,21H,7-8,15H2,1-2H3,(H2,29,32). The SMILES string of the molecule is Cc1cc2nc(N)c3cnn(C)c3c2cc1C(=O)N(Cc1ccc(C#Cc2ccsc2)cn1)C1CC1. The molecular formula is C28H24N6OS. The van der Waals surface area contributed by atoms with E-state index in [1.165, 1.54) is 0 Å². The maximum absolute atomic E-state index is 13.8. The number of carbonyl (C=O) groups excluding carboxylic acids is 1. The van der Waals surface area contributed by atoms with Crippen molar-refractivity contribution in [2.24, 2.45) is 7.05 Å². The molecule has 0 atom stereocenters. The van der Waals surface area contributed by atoms with Crippen molar-refractivity contribution in [2.45, 2.75) is 32.4 Å². The second-order valence-electron chi connectivity index (χ2n) is 9.18. The van der Waals surface area contributed by atoms with Crippen molar-refractivity contribution in [3.05, 3.63) is 81.4 Å². The van der Waals surface area contributed by atoms with Crippen molar-refractivity contribution in [2.75, 3.05) is 5.73 Å². The number of pyridine rings is 2. The molecule has 1 fully saturated rings. The van der Waals surface area contributed by atoms with E-state index in [2.05, 4.69) is 26.9 Å². The number of rotatable bonds is 4. The lowest BCUT2D eigenvalue weighted by atomic mass is 10.0. The molecule has 0 saturated heterocycles. The van der Waals surface area contributed by atoms with Gasteiger partial charge in [-0.2, -0.15) is 16.4 Å². The largest absolute Gasteiger partial charge is 0.383 e. The molecule has 1 aromatic carbocycles. The monoisotopic (exact) mass is 492 g/mol. The van der Waals surface area contributed by atoms with Gasteiger partial charge in [0.1, 0.15) is 5.82 Å². The number of nitrogen functional groups attached to an aromatic ring is 1. The van der Waals surface area contributed by atoms with Crippen LogP contribution in [-0.4, -0.2) is 36.6 Å². The third kappa shape index (κ3) is 4.08. The molecule has 1 aliphatic rings. The highest BCUT2D eigenvalue weighted by Gasteiger charge is 2.34. The van der Waals surface area contributed by atoms with E-state index in [1.807, 2.05) is 60.0 Å². The lowest BCUT2D eigenvalue weighted by Crippen LogP contribution is -2.33. The van der Waals surface area contributed by atoms with E-state index in [4.69, 9.17) is 5.73 Å². The van der Waals surface area contributed by atoms with E-state index >= 15 is 0 Å². The van der Waals surface area contributed by atoms with E-state index < -0.39 is 0 Å². The summed E-state index contributed by atoms with van der Waals surface area (Å²) in [6.45, 7) is 2.41. The zero-order valence-electron chi connectivity index (χ0n) is 20.0.